The Morgan fingerprint density at radius 1 is 1.44 bits per heavy atom. The van der Waals surface area contributed by atoms with Crippen LogP contribution in [0, 0.1) is 6.92 Å². The summed E-state index contributed by atoms with van der Waals surface area (Å²) in [5, 5.41) is 8.75. The number of hydrogen-bond donors (Lipinski definition) is 2. The van der Waals surface area contributed by atoms with Crippen LogP contribution in [0.1, 0.15) is 15.9 Å². The van der Waals surface area contributed by atoms with Crippen molar-refractivity contribution >= 4 is 16.0 Å². The molecule has 0 bridgehead atoms. The first-order valence-electron chi connectivity index (χ1n) is 4.86. The molecule has 0 atom stereocenters. The zero-order valence-corrected chi connectivity index (χ0v) is 10.2. The van der Waals surface area contributed by atoms with Gasteiger partial charge in [-0.05, 0) is 24.6 Å². The second-order valence-electron chi connectivity index (χ2n) is 3.53. The lowest BCUT2D eigenvalue weighted by Crippen LogP contribution is -2.29. The molecule has 8 heteroatoms. The standard InChI is InChI=1S/C10H11F2NO4S/c1-6-2-3-7(10(14)15)4-8(6)18(16,17)13-5-9(11)12/h2-4,9,13H,5H2,1H3,(H,14,15). The van der Waals surface area contributed by atoms with Crippen molar-refractivity contribution in [2.75, 3.05) is 6.54 Å². The minimum Gasteiger partial charge on any atom is -0.478 e. The Morgan fingerprint density at radius 2 is 2.06 bits per heavy atom. The number of hydrogen-bond acceptors (Lipinski definition) is 3. The van der Waals surface area contributed by atoms with Crippen LogP contribution in [0.4, 0.5) is 8.78 Å². The predicted octanol–water partition coefficient (Wildman–Crippen LogP) is 1.24. The van der Waals surface area contributed by atoms with Gasteiger partial charge >= 0.3 is 5.97 Å². The molecule has 0 radical (unpaired) electrons. The summed E-state index contributed by atoms with van der Waals surface area (Å²) in [6, 6.07) is 3.48. The van der Waals surface area contributed by atoms with Gasteiger partial charge in [0.15, 0.2) is 0 Å². The number of carbonyl (C=O) groups is 1. The number of benzene rings is 1. The number of sulfonamides is 1. The van der Waals surface area contributed by atoms with E-state index >= 15 is 0 Å². The molecule has 100 valence electrons. The molecule has 0 amide bonds. The van der Waals surface area contributed by atoms with Crippen molar-refractivity contribution in [3.05, 3.63) is 29.3 Å². The fourth-order valence-electron chi connectivity index (χ4n) is 1.27. The predicted molar refractivity (Wildman–Crippen MR) is 59.3 cm³/mol. The number of halogens is 2. The molecular weight excluding hydrogens is 268 g/mol. The van der Waals surface area contributed by atoms with E-state index in [1.807, 2.05) is 0 Å². The van der Waals surface area contributed by atoms with E-state index in [0.29, 0.717) is 0 Å². The lowest BCUT2D eigenvalue weighted by atomic mass is 10.1. The first-order chi connectivity index (χ1) is 8.24. The first kappa shape index (κ1) is 14.5. The highest BCUT2D eigenvalue weighted by Gasteiger charge is 2.20. The first-order valence-corrected chi connectivity index (χ1v) is 6.34. The second-order valence-corrected chi connectivity index (χ2v) is 5.26. The van der Waals surface area contributed by atoms with Crippen LogP contribution < -0.4 is 4.72 Å². The van der Waals surface area contributed by atoms with Crippen molar-refractivity contribution in [1.29, 1.82) is 0 Å². The van der Waals surface area contributed by atoms with Crippen LogP contribution in [0.5, 0.6) is 0 Å². The molecule has 0 aromatic heterocycles. The van der Waals surface area contributed by atoms with Gasteiger partial charge in [0.25, 0.3) is 6.43 Å². The number of alkyl halides is 2. The number of carboxylic acids is 1. The van der Waals surface area contributed by atoms with Gasteiger partial charge in [-0.2, -0.15) is 0 Å². The number of nitrogens with one attached hydrogen (secondary N) is 1. The largest absolute Gasteiger partial charge is 0.478 e. The van der Waals surface area contributed by atoms with Gasteiger partial charge in [-0.3, -0.25) is 0 Å². The van der Waals surface area contributed by atoms with E-state index in [4.69, 9.17) is 5.11 Å². The fourth-order valence-corrected chi connectivity index (χ4v) is 2.55. The Labute approximate surface area is 102 Å². The Morgan fingerprint density at radius 3 is 2.56 bits per heavy atom. The summed E-state index contributed by atoms with van der Waals surface area (Å²) in [5.74, 6) is -1.29. The van der Waals surface area contributed by atoms with Gasteiger partial charge < -0.3 is 5.11 Å². The maximum absolute atomic E-state index is 12.0. The topological polar surface area (TPSA) is 83.5 Å². The Bertz CT molecular complexity index is 557. The normalized spacial score (nSPS) is 11.8. The maximum Gasteiger partial charge on any atom is 0.335 e. The van der Waals surface area contributed by atoms with Crippen LogP contribution in [-0.2, 0) is 10.0 Å². The summed E-state index contributed by atoms with van der Waals surface area (Å²) in [4.78, 5) is 10.4. The number of carboxylic acid groups (broad SMARTS) is 1. The van der Waals surface area contributed by atoms with E-state index in [0.717, 1.165) is 6.07 Å². The maximum atomic E-state index is 12.0. The molecule has 0 unspecified atom stereocenters. The molecule has 0 heterocycles. The molecule has 0 aliphatic rings. The molecule has 1 rings (SSSR count). The lowest BCUT2D eigenvalue weighted by Gasteiger charge is -2.09. The molecule has 0 spiro atoms. The summed E-state index contributed by atoms with van der Waals surface area (Å²) in [6.45, 7) is 0.432. The van der Waals surface area contributed by atoms with Crippen molar-refractivity contribution in [2.45, 2.75) is 18.2 Å². The monoisotopic (exact) mass is 279 g/mol. The zero-order chi connectivity index (χ0) is 13.9. The van der Waals surface area contributed by atoms with Gasteiger partial charge in [-0.15, -0.1) is 0 Å². The molecule has 2 N–H and O–H groups in total. The van der Waals surface area contributed by atoms with Gasteiger partial charge in [0.2, 0.25) is 10.0 Å². The van der Waals surface area contributed by atoms with E-state index in [1.54, 1.807) is 4.72 Å². The van der Waals surface area contributed by atoms with E-state index < -0.39 is 29.0 Å². The van der Waals surface area contributed by atoms with Crippen molar-refractivity contribution in [3.63, 3.8) is 0 Å². The number of aryl methyl sites for hydroxylation is 1. The summed E-state index contributed by atoms with van der Waals surface area (Å²) >= 11 is 0. The molecule has 1 aromatic carbocycles. The molecule has 18 heavy (non-hydrogen) atoms. The van der Waals surface area contributed by atoms with E-state index in [9.17, 15) is 22.0 Å². The van der Waals surface area contributed by atoms with Gasteiger partial charge in [0.1, 0.15) is 0 Å². The lowest BCUT2D eigenvalue weighted by molar-refractivity contribution is 0.0696. The average molecular weight is 279 g/mol. The highest BCUT2D eigenvalue weighted by Crippen LogP contribution is 2.17. The second kappa shape index (κ2) is 5.40. The molecule has 1 aromatic rings. The molecule has 0 saturated heterocycles. The summed E-state index contributed by atoms with van der Waals surface area (Å²) in [7, 11) is -4.14. The molecule has 0 fully saturated rings. The molecule has 0 aliphatic carbocycles. The van der Waals surface area contributed by atoms with Crippen LogP contribution in [0.25, 0.3) is 0 Å². The van der Waals surface area contributed by atoms with Gasteiger partial charge in [0, 0.05) is 0 Å². The van der Waals surface area contributed by atoms with Crippen LogP contribution >= 0.6 is 0 Å². The third-order valence-corrected chi connectivity index (χ3v) is 3.72. The van der Waals surface area contributed by atoms with Crippen LogP contribution in [0.3, 0.4) is 0 Å². The zero-order valence-electron chi connectivity index (χ0n) is 9.35. The Balaban J connectivity index is 3.15. The van der Waals surface area contributed by atoms with Gasteiger partial charge in [0.05, 0.1) is 17.0 Å². The van der Waals surface area contributed by atoms with Crippen molar-refractivity contribution in [2.24, 2.45) is 0 Å². The molecule has 0 aliphatic heterocycles. The summed E-state index contributed by atoms with van der Waals surface area (Å²) in [5.41, 5.74) is 0.0554. The van der Waals surface area contributed by atoms with Crippen molar-refractivity contribution < 1.29 is 27.1 Å². The van der Waals surface area contributed by atoms with Gasteiger partial charge in [-0.25, -0.2) is 26.7 Å². The van der Waals surface area contributed by atoms with E-state index in [-0.39, 0.29) is 16.0 Å². The summed E-state index contributed by atoms with van der Waals surface area (Å²) < 4.78 is 49.0. The van der Waals surface area contributed by atoms with Crippen LogP contribution in [0.15, 0.2) is 23.1 Å². The fraction of sp³-hybridized carbons (Fsp3) is 0.300. The van der Waals surface area contributed by atoms with E-state index in [1.165, 1.54) is 19.1 Å². The molecule has 0 saturated carbocycles. The highest BCUT2D eigenvalue weighted by atomic mass is 32.2. The van der Waals surface area contributed by atoms with Crippen molar-refractivity contribution in [3.8, 4) is 0 Å². The van der Waals surface area contributed by atoms with Crippen LogP contribution in [0.2, 0.25) is 0 Å². The summed E-state index contributed by atoms with van der Waals surface area (Å²) in [6.07, 6.45) is -2.82. The minimum absolute atomic E-state index is 0.224. The van der Waals surface area contributed by atoms with E-state index in [2.05, 4.69) is 0 Å². The quantitative estimate of drug-likeness (QED) is 0.849. The third kappa shape index (κ3) is 3.47. The third-order valence-electron chi connectivity index (χ3n) is 2.15. The minimum atomic E-state index is -4.14. The highest BCUT2D eigenvalue weighted by molar-refractivity contribution is 7.89. The molecular formula is C10H11F2NO4S. The van der Waals surface area contributed by atoms with Crippen molar-refractivity contribution in [1.82, 2.24) is 4.72 Å². The Hall–Kier alpha value is -1.54. The number of rotatable bonds is 5. The Kier molecular flexibility index (Phi) is 4.36. The van der Waals surface area contributed by atoms with Crippen LogP contribution in [-0.4, -0.2) is 32.5 Å². The molecule has 5 nitrogen and oxygen atoms in total. The smallest absolute Gasteiger partial charge is 0.335 e. The average Bonchev–Trinajstić information content (AvgIpc) is 2.26. The van der Waals surface area contributed by atoms with Gasteiger partial charge in [-0.1, -0.05) is 6.07 Å². The SMILES string of the molecule is Cc1ccc(C(=O)O)cc1S(=O)(=O)NCC(F)F. The number of aromatic carboxylic acids is 1.